The number of nitrogens with one attached hydrogen (secondary N) is 1. The number of benzene rings is 2. The van der Waals surface area contributed by atoms with Crippen molar-refractivity contribution >= 4 is 29.2 Å². The van der Waals surface area contributed by atoms with Crippen LogP contribution in [0.3, 0.4) is 0 Å². The first kappa shape index (κ1) is 16.8. The summed E-state index contributed by atoms with van der Waals surface area (Å²) >= 11 is 6.08. The van der Waals surface area contributed by atoms with Crippen LogP contribution in [0.4, 0.5) is 5.69 Å². The number of carbonyl (C=O) groups excluding carboxylic acids is 2. The predicted octanol–water partition coefficient (Wildman–Crippen LogP) is 4.17. The second-order valence-electron chi connectivity index (χ2n) is 5.28. The largest absolute Gasteiger partial charge is 0.465 e. The van der Waals surface area contributed by atoms with Gasteiger partial charge in [0.2, 0.25) is 0 Å². The average molecular weight is 355 g/mol. The lowest BCUT2D eigenvalue weighted by Gasteiger charge is -2.13. The molecule has 1 aromatic heterocycles. The number of carbonyl (C=O) groups is 2. The first-order chi connectivity index (χ1) is 12.1. The fourth-order valence-corrected chi connectivity index (χ4v) is 2.59. The molecule has 0 aliphatic rings. The summed E-state index contributed by atoms with van der Waals surface area (Å²) in [5, 5.41) is 3.42. The number of amides is 1. The van der Waals surface area contributed by atoms with Crippen LogP contribution in [0, 0.1) is 0 Å². The highest BCUT2D eigenvalue weighted by Crippen LogP contribution is 2.25. The number of rotatable bonds is 4. The Bertz CT molecular complexity index is 920. The first-order valence-electron chi connectivity index (χ1n) is 7.51. The standard InChI is InChI=1S/C19H15ClN2O3/c1-25-19(24)14-6-4-5-13(11-14)18(23)21-16-8-7-15(20)12-17(16)22-9-2-3-10-22/h2-12H,1H3,(H,21,23). The molecular formula is C19H15ClN2O3. The molecule has 3 aromatic rings. The maximum absolute atomic E-state index is 12.6. The lowest BCUT2D eigenvalue weighted by atomic mass is 10.1. The van der Waals surface area contributed by atoms with Crippen LogP contribution in [0.15, 0.2) is 67.0 Å². The van der Waals surface area contributed by atoms with E-state index in [1.807, 2.05) is 29.1 Å². The van der Waals surface area contributed by atoms with Gasteiger partial charge in [-0.15, -0.1) is 0 Å². The summed E-state index contributed by atoms with van der Waals surface area (Å²) in [7, 11) is 1.30. The normalized spacial score (nSPS) is 10.3. The van der Waals surface area contributed by atoms with Crippen molar-refractivity contribution in [2.45, 2.75) is 0 Å². The molecule has 25 heavy (non-hydrogen) atoms. The van der Waals surface area contributed by atoms with Crippen LogP contribution in [0.1, 0.15) is 20.7 Å². The topological polar surface area (TPSA) is 60.3 Å². The summed E-state index contributed by atoms with van der Waals surface area (Å²) in [6.07, 6.45) is 3.72. The molecule has 1 N–H and O–H groups in total. The molecule has 0 bridgehead atoms. The summed E-state index contributed by atoms with van der Waals surface area (Å²) in [6, 6.07) is 15.3. The van der Waals surface area contributed by atoms with E-state index in [1.165, 1.54) is 13.2 Å². The van der Waals surface area contributed by atoms with Crippen molar-refractivity contribution in [3.8, 4) is 5.69 Å². The SMILES string of the molecule is COC(=O)c1cccc(C(=O)Nc2ccc(Cl)cc2-n2cccc2)c1. The Kier molecular flexibility index (Phi) is 4.86. The maximum atomic E-state index is 12.6. The zero-order valence-corrected chi connectivity index (χ0v) is 14.2. The van der Waals surface area contributed by atoms with Crippen LogP contribution in [0.5, 0.6) is 0 Å². The quantitative estimate of drug-likeness (QED) is 0.715. The first-order valence-corrected chi connectivity index (χ1v) is 7.89. The molecule has 2 aromatic carbocycles. The summed E-state index contributed by atoms with van der Waals surface area (Å²) in [6.45, 7) is 0. The van der Waals surface area contributed by atoms with Gasteiger partial charge in [0, 0.05) is 23.0 Å². The van der Waals surface area contributed by atoms with Gasteiger partial charge in [-0.05, 0) is 48.5 Å². The molecular weight excluding hydrogens is 340 g/mol. The molecule has 0 aliphatic carbocycles. The van der Waals surface area contributed by atoms with Crippen LogP contribution in [-0.4, -0.2) is 23.6 Å². The maximum Gasteiger partial charge on any atom is 0.337 e. The van der Waals surface area contributed by atoms with Gasteiger partial charge in [0.25, 0.3) is 5.91 Å². The van der Waals surface area contributed by atoms with Crippen LogP contribution >= 0.6 is 11.6 Å². The van der Waals surface area contributed by atoms with Gasteiger partial charge in [-0.3, -0.25) is 4.79 Å². The highest BCUT2D eigenvalue weighted by atomic mass is 35.5. The third kappa shape index (κ3) is 3.72. The van der Waals surface area contributed by atoms with Crippen molar-refractivity contribution in [1.82, 2.24) is 4.57 Å². The third-order valence-electron chi connectivity index (χ3n) is 3.64. The molecule has 0 saturated carbocycles. The minimum Gasteiger partial charge on any atom is -0.465 e. The summed E-state index contributed by atoms with van der Waals surface area (Å²) < 4.78 is 6.54. The molecule has 0 fully saturated rings. The van der Waals surface area contributed by atoms with Gasteiger partial charge in [0.1, 0.15) is 0 Å². The van der Waals surface area contributed by atoms with Gasteiger partial charge in [0.05, 0.1) is 24.0 Å². The number of hydrogen-bond donors (Lipinski definition) is 1. The molecule has 0 spiro atoms. The number of nitrogens with zero attached hydrogens (tertiary/aromatic N) is 1. The summed E-state index contributed by atoms with van der Waals surface area (Å²) in [4.78, 5) is 24.2. The van der Waals surface area contributed by atoms with Crippen molar-refractivity contribution in [3.05, 3.63) is 83.1 Å². The Morgan fingerprint density at radius 2 is 1.72 bits per heavy atom. The molecule has 6 heteroatoms. The molecule has 5 nitrogen and oxygen atoms in total. The van der Waals surface area contributed by atoms with Gasteiger partial charge in [-0.2, -0.15) is 0 Å². The van der Waals surface area contributed by atoms with E-state index in [0.717, 1.165) is 5.69 Å². The lowest BCUT2D eigenvalue weighted by Crippen LogP contribution is -2.14. The van der Waals surface area contributed by atoms with Gasteiger partial charge >= 0.3 is 5.97 Å². The molecule has 126 valence electrons. The molecule has 0 saturated heterocycles. The van der Waals surface area contributed by atoms with Crippen molar-refractivity contribution in [2.24, 2.45) is 0 Å². The van der Waals surface area contributed by atoms with Crippen molar-refractivity contribution < 1.29 is 14.3 Å². The fourth-order valence-electron chi connectivity index (χ4n) is 2.42. The zero-order valence-electron chi connectivity index (χ0n) is 13.4. The molecule has 3 rings (SSSR count). The van der Waals surface area contributed by atoms with E-state index >= 15 is 0 Å². The van der Waals surface area contributed by atoms with Crippen LogP contribution in [0.25, 0.3) is 5.69 Å². The Labute approximate surface area is 149 Å². The Morgan fingerprint density at radius 3 is 2.44 bits per heavy atom. The Balaban J connectivity index is 1.91. The smallest absolute Gasteiger partial charge is 0.337 e. The minimum absolute atomic E-state index is 0.317. The second-order valence-corrected chi connectivity index (χ2v) is 5.71. The summed E-state index contributed by atoms with van der Waals surface area (Å²) in [5.41, 5.74) is 2.03. The van der Waals surface area contributed by atoms with Gasteiger partial charge < -0.3 is 14.6 Å². The van der Waals surface area contributed by atoms with Crippen LogP contribution in [0.2, 0.25) is 5.02 Å². The van der Waals surface area contributed by atoms with Crippen molar-refractivity contribution in [1.29, 1.82) is 0 Å². The van der Waals surface area contributed by atoms with E-state index < -0.39 is 5.97 Å². The zero-order chi connectivity index (χ0) is 17.8. The predicted molar refractivity (Wildman–Crippen MR) is 96.5 cm³/mol. The molecule has 1 amide bonds. The summed E-state index contributed by atoms with van der Waals surface area (Å²) in [5.74, 6) is -0.823. The highest BCUT2D eigenvalue weighted by Gasteiger charge is 2.13. The Morgan fingerprint density at radius 1 is 1.00 bits per heavy atom. The molecule has 1 heterocycles. The van der Waals surface area contributed by atoms with E-state index in [1.54, 1.807) is 36.4 Å². The van der Waals surface area contributed by atoms with E-state index in [9.17, 15) is 9.59 Å². The highest BCUT2D eigenvalue weighted by molar-refractivity contribution is 6.31. The third-order valence-corrected chi connectivity index (χ3v) is 3.87. The van der Waals surface area contributed by atoms with Crippen LogP contribution in [-0.2, 0) is 4.74 Å². The number of esters is 1. The number of ether oxygens (including phenoxy) is 1. The number of anilines is 1. The number of methoxy groups -OCH3 is 1. The fraction of sp³-hybridized carbons (Fsp3) is 0.0526. The monoisotopic (exact) mass is 354 g/mol. The van der Waals surface area contributed by atoms with E-state index in [4.69, 9.17) is 11.6 Å². The molecule has 0 unspecified atom stereocenters. The molecule has 0 radical (unpaired) electrons. The van der Waals surface area contributed by atoms with Crippen LogP contribution < -0.4 is 5.32 Å². The number of halogens is 1. The number of aromatic nitrogens is 1. The van der Waals surface area contributed by atoms with Gasteiger partial charge in [-0.25, -0.2) is 4.79 Å². The van der Waals surface area contributed by atoms with Crippen molar-refractivity contribution in [2.75, 3.05) is 12.4 Å². The second kappa shape index (κ2) is 7.23. The number of hydrogen-bond acceptors (Lipinski definition) is 3. The molecule has 0 atom stereocenters. The van der Waals surface area contributed by atoms with Gasteiger partial charge in [-0.1, -0.05) is 17.7 Å². The lowest BCUT2D eigenvalue weighted by molar-refractivity contribution is 0.0600. The molecule has 0 aliphatic heterocycles. The van der Waals surface area contributed by atoms with E-state index in [2.05, 4.69) is 10.1 Å². The minimum atomic E-state index is -0.492. The Hall–Kier alpha value is -3.05. The van der Waals surface area contributed by atoms with E-state index in [-0.39, 0.29) is 5.91 Å². The van der Waals surface area contributed by atoms with Crippen molar-refractivity contribution in [3.63, 3.8) is 0 Å². The van der Waals surface area contributed by atoms with E-state index in [0.29, 0.717) is 21.8 Å². The van der Waals surface area contributed by atoms with Gasteiger partial charge in [0.15, 0.2) is 0 Å². The average Bonchev–Trinajstić information content (AvgIpc) is 3.17.